The van der Waals surface area contributed by atoms with Crippen LogP contribution in [0.5, 0.6) is 0 Å². The number of nitrogens with zero attached hydrogens (tertiary/aromatic N) is 4. The fraction of sp³-hybridized carbons (Fsp3) is 0.500. The molecule has 10 nitrogen and oxygen atoms in total. The zero-order valence-electron chi connectivity index (χ0n) is 22.3. The number of allylic oxidation sites excluding steroid dienone is 1. The maximum atomic E-state index is 13.7. The van der Waals surface area contributed by atoms with Crippen LogP contribution in [0, 0.1) is 0 Å². The van der Waals surface area contributed by atoms with Gasteiger partial charge in [-0.25, -0.2) is 9.78 Å². The van der Waals surface area contributed by atoms with Crippen molar-refractivity contribution in [1.29, 1.82) is 0 Å². The Kier molecular flexibility index (Phi) is 11.8. The summed E-state index contributed by atoms with van der Waals surface area (Å²) < 4.78 is 9.15. The maximum absolute atomic E-state index is 13.7. The van der Waals surface area contributed by atoms with Crippen LogP contribution in [-0.4, -0.2) is 78.0 Å². The molecule has 2 aliphatic rings. The Morgan fingerprint density at radius 2 is 1.87 bits per heavy atom. The predicted octanol–water partition coefficient (Wildman–Crippen LogP) is 4.59. The quantitative estimate of drug-likeness (QED) is 0.377. The first-order chi connectivity index (χ1) is 18.5. The molecule has 1 aliphatic carbocycles. The number of nitrogens with one attached hydrogen (secondary N) is 1. The smallest absolute Gasteiger partial charge is 0.450 e. The largest absolute Gasteiger partial charge is 0.505 e. The van der Waals surface area contributed by atoms with Crippen LogP contribution >= 0.6 is 0 Å². The van der Waals surface area contributed by atoms with E-state index in [1.807, 2.05) is 42.2 Å². The van der Waals surface area contributed by atoms with Gasteiger partial charge in [0.1, 0.15) is 11.4 Å². The summed E-state index contributed by atoms with van der Waals surface area (Å²) in [6.45, 7) is 5.92. The van der Waals surface area contributed by atoms with E-state index < -0.39 is 6.16 Å². The molecule has 1 aliphatic heterocycles. The second-order valence-electron chi connectivity index (χ2n) is 9.22. The Hall–Kier alpha value is -3.66. The summed E-state index contributed by atoms with van der Waals surface area (Å²) >= 11 is 0. The Balaban J connectivity index is 0.000000732. The molecule has 1 aromatic heterocycles. The van der Waals surface area contributed by atoms with Gasteiger partial charge in [-0.3, -0.25) is 4.79 Å². The summed E-state index contributed by atoms with van der Waals surface area (Å²) in [6.07, 6.45) is 10.4. The molecule has 1 saturated heterocycles. The number of hydrogen-bond acceptors (Lipinski definition) is 8. The number of rotatable bonds is 8. The second-order valence-corrected chi connectivity index (χ2v) is 9.22. The monoisotopic (exact) mass is 525 g/mol. The molecule has 38 heavy (non-hydrogen) atoms. The fourth-order valence-corrected chi connectivity index (χ4v) is 4.42. The average Bonchev–Trinajstić information content (AvgIpc) is 2.96. The molecule has 10 heteroatoms. The summed E-state index contributed by atoms with van der Waals surface area (Å²) in [5.41, 5.74) is 1.64. The number of morpholine rings is 1. The number of methoxy groups -OCH3 is 1. The Morgan fingerprint density at radius 3 is 2.50 bits per heavy atom. The zero-order chi connectivity index (χ0) is 27.2. The number of carboxylic acid groups (broad SMARTS) is 1. The number of benzene rings is 1. The highest BCUT2D eigenvalue weighted by molar-refractivity contribution is 5.98. The van der Waals surface area contributed by atoms with Gasteiger partial charge in [-0.1, -0.05) is 61.7 Å². The predicted molar refractivity (Wildman–Crippen MR) is 147 cm³/mol. The maximum Gasteiger partial charge on any atom is 0.505 e. The van der Waals surface area contributed by atoms with Gasteiger partial charge in [-0.15, -0.1) is 0 Å². The third kappa shape index (κ3) is 9.02. The van der Waals surface area contributed by atoms with E-state index in [-0.39, 0.29) is 5.91 Å². The SMILES string of the molecule is C/C=C/CN(Cc1ccccc1)C(=O)c1cnc(N2CCOCC2)nc1NC1CCCCC1.COC(=O)O. The summed E-state index contributed by atoms with van der Waals surface area (Å²) in [4.78, 5) is 36.3. The second kappa shape index (κ2) is 15.6. The van der Waals surface area contributed by atoms with Crippen LogP contribution in [0.1, 0.15) is 54.9 Å². The molecule has 4 rings (SSSR count). The molecule has 0 bridgehead atoms. The van der Waals surface area contributed by atoms with Gasteiger partial charge in [0, 0.05) is 38.4 Å². The standard InChI is InChI=1S/C26H35N5O2.C2H4O3/c1-2-3-14-31(20-21-10-6-4-7-11-21)25(32)23-19-27-26(30-15-17-33-18-16-30)29-24(23)28-22-12-8-5-9-13-22;1-5-2(3)4/h2-4,6-7,10-11,19,22H,5,8-9,12-18,20H2,1H3,(H,27,28,29);1H3,(H,3,4)/b3-2+;. The van der Waals surface area contributed by atoms with Gasteiger partial charge >= 0.3 is 6.16 Å². The van der Waals surface area contributed by atoms with Crippen molar-refractivity contribution in [3.8, 4) is 0 Å². The molecule has 1 amide bonds. The lowest BCUT2D eigenvalue weighted by atomic mass is 9.95. The number of carbonyl (C=O) groups excluding carboxylic acids is 1. The van der Waals surface area contributed by atoms with Crippen LogP contribution in [-0.2, 0) is 16.0 Å². The Bertz CT molecular complexity index is 1040. The van der Waals surface area contributed by atoms with Crippen molar-refractivity contribution in [2.24, 2.45) is 0 Å². The molecule has 206 valence electrons. The van der Waals surface area contributed by atoms with Crippen molar-refractivity contribution in [2.45, 2.75) is 51.6 Å². The van der Waals surface area contributed by atoms with Crippen LogP contribution in [0.3, 0.4) is 0 Å². The highest BCUT2D eigenvalue weighted by atomic mass is 16.6. The number of hydrogen-bond donors (Lipinski definition) is 2. The van der Waals surface area contributed by atoms with E-state index >= 15 is 0 Å². The lowest BCUT2D eigenvalue weighted by Crippen LogP contribution is -2.38. The summed E-state index contributed by atoms with van der Waals surface area (Å²) in [5, 5.41) is 11.1. The first-order valence-electron chi connectivity index (χ1n) is 13.2. The van der Waals surface area contributed by atoms with Crippen LogP contribution in [0.2, 0.25) is 0 Å². The van der Waals surface area contributed by atoms with Crippen molar-refractivity contribution in [3.05, 3.63) is 59.8 Å². The number of amides is 1. The molecular weight excluding hydrogens is 486 g/mol. The minimum absolute atomic E-state index is 0.0520. The van der Waals surface area contributed by atoms with Crippen molar-refractivity contribution >= 4 is 23.8 Å². The highest BCUT2D eigenvalue weighted by Gasteiger charge is 2.25. The van der Waals surface area contributed by atoms with E-state index in [9.17, 15) is 4.79 Å². The average molecular weight is 526 g/mol. The summed E-state index contributed by atoms with van der Waals surface area (Å²) in [5.74, 6) is 1.27. The summed E-state index contributed by atoms with van der Waals surface area (Å²) in [7, 11) is 1.10. The van der Waals surface area contributed by atoms with Gasteiger partial charge in [-0.05, 0) is 25.3 Å². The van der Waals surface area contributed by atoms with E-state index in [2.05, 4.69) is 32.1 Å². The normalized spacial score (nSPS) is 15.9. The van der Waals surface area contributed by atoms with E-state index in [0.29, 0.717) is 49.7 Å². The van der Waals surface area contributed by atoms with E-state index in [1.54, 1.807) is 6.20 Å². The van der Waals surface area contributed by atoms with Gasteiger partial charge < -0.3 is 29.7 Å². The minimum atomic E-state index is -1.25. The van der Waals surface area contributed by atoms with E-state index in [4.69, 9.17) is 19.6 Å². The molecule has 2 fully saturated rings. The van der Waals surface area contributed by atoms with Crippen LogP contribution in [0.25, 0.3) is 0 Å². The number of anilines is 2. The molecule has 0 spiro atoms. The number of ether oxygens (including phenoxy) is 2. The van der Waals surface area contributed by atoms with Crippen molar-refractivity contribution in [2.75, 3.05) is 50.2 Å². The molecule has 0 unspecified atom stereocenters. The Morgan fingerprint density at radius 1 is 1.18 bits per heavy atom. The highest BCUT2D eigenvalue weighted by Crippen LogP contribution is 2.25. The molecule has 2 N–H and O–H groups in total. The molecule has 2 heterocycles. The van der Waals surface area contributed by atoms with Crippen molar-refractivity contribution in [3.63, 3.8) is 0 Å². The first kappa shape index (κ1) is 28.9. The van der Waals surface area contributed by atoms with Crippen LogP contribution < -0.4 is 10.2 Å². The van der Waals surface area contributed by atoms with E-state index in [0.717, 1.165) is 38.6 Å². The molecule has 1 aromatic carbocycles. The fourth-order valence-electron chi connectivity index (χ4n) is 4.42. The lowest BCUT2D eigenvalue weighted by molar-refractivity contribution is 0.0762. The van der Waals surface area contributed by atoms with Gasteiger partial charge in [0.15, 0.2) is 0 Å². The molecule has 0 radical (unpaired) electrons. The number of aromatic nitrogens is 2. The number of carbonyl (C=O) groups is 2. The van der Waals surface area contributed by atoms with Gasteiger partial charge in [0.05, 0.1) is 20.3 Å². The minimum Gasteiger partial charge on any atom is -0.450 e. The third-order valence-electron chi connectivity index (χ3n) is 6.49. The van der Waals surface area contributed by atoms with Crippen LogP contribution in [0.4, 0.5) is 16.6 Å². The van der Waals surface area contributed by atoms with E-state index in [1.165, 1.54) is 19.3 Å². The van der Waals surface area contributed by atoms with Gasteiger partial charge in [0.2, 0.25) is 5.95 Å². The molecule has 1 saturated carbocycles. The molecular formula is C28H39N5O5. The Labute approximate surface area is 224 Å². The topological polar surface area (TPSA) is 117 Å². The molecule has 2 aromatic rings. The van der Waals surface area contributed by atoms with Crippen molar-refractivity contribution < 1.29 is 24.2 Å². The van der Waals surface area contributed by atoms with Crippen LogP contribution in [0.15, 0.2) is 48.7 Å². The van der Waals surface area contributed by atoms with Crippen molar-refractivity contribution in [1.82, 2.24) is 14.9 Å². The first-order valence-corrected chi connectivity index (χ1v) is 13.2. The lowest BCUT2D eigenvalue weighted by Gasteiger charge is -2.29. The van der Waals surface area contributed by atoms with Gasteiger partial charge in [0.25, 0.3) is 5.91 Å². The zero-order valence-corrected chi connectivity index (χ0v) is 22.3. The summed E-state index contributed by atoms with van der Waals surface area (Å²) in [6, 6.07) is 10.4. The molecule has 0 atom stereocenters. The third-order valence-corrected chi connectivity index (χ3v) is 6.49. The van der Waals surface area contributed by atoms with Gasteiger partial charge in [-0.2, -0.15) is 4.98 Å².